The Morgan fingerprint density at radius 2 is 2.05 bits per heavy atom. The van der Waals surface area contributed by atoms with Crippen molar-refractivity contribution in [3.05, 3.63) is 23.4 Å². The normalized spacial score (nSPS) is 15.8. The second-order valence-electron chi connectivity index (χ2n) is 6.09. The van der Waals surface area contributed by atoms with Gasteiger partial charge >= 0.3 is 0 Å². The summed E-state index contributed by atoms with van der Waals surface area (Å²) in [6.45, 7) is 11.5. The molecule has 2 heterocycles. The van der Waals surface area contributed by atoms with E-state index >= 15 is 0 Å². The minimum atomic E-state index is 0.489. The minimum absolute atomic E-state index is 0.489. The van der Waals surface area contributed by atoms with E-state index in [0.29, 0.717) is 6.04 Å². The molecule has 1 saturated heterocycles. The fraction of sp³-hybridized carbons (Fsp3) is 0.706. The van der Waals surface area contributed by atoms with E-state index in [1.165, 1.54) is 31.5 Å². The molecule has 0 saturated carbocycles. The van der Waals surface area contributed by atoms with Gasteiger partial charge in [-0.2, -0.15) is 0 Å². The largest absolute Gasteiger partial charge is 0.476 e. The molecule has 0 aromatic carbocycles. The van der Waals surface area contributed by atoms with Crippen LogP contribution in [0, 0.1) is 0 Å². The molecular formula is C17H29N3O. The van der Waals surface area contributed by atoms with Crippen LogP contribution in [0.4, 0.5) is 0 Å². The maximum atomic E-state index is 5.88. The fourth-order valence-electron chi connectivity index (χ4n) is 2.58. The van der Waals surface area contributed by atoms with Crippen molar-refractivity contribution in [1.29, 1.82) is 0 Å². The number of ether oxygens (including phenoxy) is 1. The predicted molar refractivity (Wildman–Crippen MR) is 86.8 cm³/mol. The van der Waals surface area contributed by atoms with Crippen LogP contribution in [0.15, 0.2) is 12.1 Å². The van der Waals surface area contributed by atoms with E-state index in [1.807, 2.05) is 0 Å². The molecule has 1 fully saturated rings. The Bertz CT molecular complexity index is 428. The molecular weight excluding hydrogens is 262 g/mol. The van der Waals surface area contributed by atoms with Crippen molar-refractivity contribution in [2.45, 2.75) is 52.6 Å². The number of nitrogens with zero attached hydrogens (tertiary/aromatic N) is 2. The summed E-state index contributed by atoms with van der Waals surface area (Å²) in [5.41, 5.74) is 2.36. The zero-order chi connectivity index (χ0) is 15.1. The standard InChI is InChI=1S/C17H29N3O/c1-4-16-11-15(13-18-14(2)3)12-17(19-16)21-10-9-20-7-5-6-8-20/h11-12,14,18H,4-10,13H2,1-3H3. The lowest BCUT2D eigenvalue weighted by Crippen LogP contribution is -2.25. The van der Waals surface area contributed by atoms with Gasteiger partial charge in [0.15, 0.2) is 0 Å². The van der Waals surface area contributed by atoms with Gasteiger partial charge in [-0.1, -0.05) is 20.8 Å². The van der Waals surface area contributed by atoms with Gasteiger partial charge in [-0.15, -0.1) is 0 Å². The summed E-state index contributed by atoms with van der Waals surface area (Å²) in [4.78, 5) is 7.04. The van der Waals surface area contributed by atoms with E-state index in [0.717, 1.165) is 37.7 Å². The molecule has 0 amide bonds. The molecule has 21 heavy (non-hydrogen) atoms. The van der Waals surface area contributed by atoms with Crippen molar-refractivity contribution < 1.29 is 4.74 Å². The molecule has 1 aliphatic heterocycles. The number of nitrogens with one attached hydrogen (secondary N) is 1. The molecule has 1 N–H and O–H groups in total. The number of pyridine rings is 1. The van der Waals surface area contributed by atoms with Crippen LogP contribution in [0.1, 0.15) is 44.9 Å². The SMILES string of the molecule is CCc1cc(CNC(C)C)cc(OCCN2CCCC2)n1. The number of likely N-dealkylation sites (tertiary alicyclic amines) is 1. The third kappa shape index (κ3) is 5.64. The molecule has 0 aliphatic carbocycles. The zero-order valence-corrected chi connectivity index (χ0v) is 13.7. The molecule has 0 unspecified atom stereocenters. The van der Waals surface area contributed by atoms with Crippen molar-refractivity contribution in [2.24, 2.45) is 0 Å². The summed E-state index contributed by atoms with van der Waals surface area (Å²) >= 11 is 0. The van der Waals surface area contributed by atoms with Crippen molar-refractivity contribution in [2.75, 3.05) is 26.2 Å². The minimum Gasteiger partial charge on any atom is -0.476 e. The van der Waals surface area contributed by atoms with E-state index in [4.69, 9.17) is 4.74 Å². The van der Waals surface area contributed by atoms with Crippen molar-refractivity contribution >= 4 is 0 Å². The second-order valence-corrected chi connectivity index (χ2v) is 6.09. The van der Waals surface area contributed by atoms with Crippen LogP contribution in [-0.4, -0.2) is 42.2 Å². The van der Waals surface area contributed by atoms with Crippen LogP contribution in [-0.2, 0) is 13.0 Å². The van der Waals surface area contributed by atoms with Gasteiger partial charge in [-0.3, -0.25) is 4.90 Å². The lowest BCUT2D eigenvalue weighted by molar-refractivity contribution is 0.231. The maximum absolute atomic E-state index is 5.88. The number of aromatic nitrogens is 1. The van der Waals surface area contributed by atoms with Gasteiger partial charge < -0.3 is 10.1 Å². The molecule has 4 heteroatoms. The van der Waals surface area contributed by atoms with Gasteiger partial charge in [0.25, 0.3) is 0 Å². The van der Waals surface area contributed by atoms with E-state index in [-0.39, 0.29) is 0 Å². The van der Waals surface area contributed by atoms with Crippen molar-refractivity contribution in [3.8, 4) is 5.88 Å². The molecule has 0 atom stereocenters. The van der Waals surface area contributed by atoms with E-state index in [2.05, 4.69) is 48.1 Å². The van der Waals surface area contributed by atoms with Crippen LogP contribution < -0.4 is 10.1 Å². The van der Waals surface area contributed by atoms with Crippen LogP contribution >= 0.6 is 0 Å². The molecule has 1 aliphatic rings. The maximum Gasteiger partial charge on any atom is 0.213 e. The molecule has 0 bridgehead atoms. The highest BCUT2D eigenvalue weighted by atomic mass is 16.5. The Hall–Kier alpha value is -1.13. The Kier molecular flexibility index (Phi) is 6.46. The fourth-order valence-corrected chi connectivity index (χ4v) is 2.58. The summed E-state index contributed by atoms with van der Waals surface area (Å²) in [5, 5.41) is 3.45. The summed E-state index contributed by atoms with van der Waals surface area (Å²) in [6, 6.07) is 4.73. The highest BCUT2D eigenvalue weighted by molar-refractivity contribution is 5.25. The highest BCUT2D eigenvalue weighted by Gasteiger charge is 2.11. The van der Waals surface area contributed by atoms with Gasteiger partial charge in [0.2, 0.25) is 5.88 Å². The Balaban J connectivity index is 1.88. The van der Waals surface area contributed by atoms with Gasteiger partial charge in [0.05, 0.1) is 0 Å². The Morgan fingerprint density at radius 3 is 2.71 bits per heavy atom. The third-order valence-electron chi connectivity index (χ3n) is 3.85. The van der Waals surface area contributed by atoms with Gasteiger partial charge in [-0.25, -0.2) is 4.98 Å². The summed E-state index contributed by atoms with van der Waals surface area (Å²) < 4.78 is 5.88. The van der Waals surface area contributed by atoms with E-state index < -0.39 is 0 Å². The van der Waals surface area contributed by atoms with Gasteiger partial charge in [0, 0.05) is 30.9 Å². The molecule has 4 nitrogen and oxygen atoms in total. The van der Waals surface area contributed by atoms with Crippen LogP contribution in [0.2, 0.25) is 0 Å². The van der Waals surface area contributed by atoms with Crippen LogP contribution in [0.3, 0.4) is 0 Å². The first-order chi connectivity index (χ1) is 10.2. The Labute approximate surface area is 128 Å². The van der Waals surface area contributed by atoms with Gasteiger partial charge in [0.1, 0.15) is 6.61 Å². The zero-order valence-electron chi connectivity index (χ0n) is 13.7. The van der Waals surface area contributed by atoms with Crippen molar-refractivity contribution in [3.63, 3.8) is 0 Å². The molecule has 2 rings (SSSR count). The molecule has 1 aromatic rings. The number of hydrogen-bond donors (Lipinski definition) is 1. The Morgan fingerprint density at radius 1 is 1.29 bits per heavy atom. The van der Waals surface area contributed by atoms with Crippen LogP contribution in [0.25, 0.3) is 0 Å². The van der Waals surface area contributed by atoms with Gasteiger partial charge in [-0.05, 0) is 44.0 Å². The number of hydrogen-bond acceptors (Lipinski definition) is 4. The van der Waals surface area contributed by atoms with E-state index in [1.54, 1.807) is 0 Å². The lowest BCUT2D eigenvalue weighted by atomic mass is 10.2. The third-order valence-corrected chi connectivity index (χ3v) is 3.85. The quantitative estimate of drug-likeness (QED) is 0.799. The first kappa shape index (κ1) is 16.2. The molecule has 118 valence electrons. The number of rotatable bonds is 8. The molecule has 0 spiro atoms. The number of aryl methyl sites for hydroxylation is 1. The highest BCUT2D eigenvalue weighted by Crippen LogP contribution is 2.14. The first-order valence-electron chi connectivity index (χ1n) is 8.25. The summed E-state index contributed by atoms with van der Waals surface area (Å²) in [7, 11) is 0. The topological polar surface area (TPSA) is 37.4 Å². The lowest BCUT2D eigenvalue weighted by Gasteiger charge is -2.15. The van der Waals surface area contributed by atoms with Crippen molar-refractivity contribution in [1.82, 2.24) is 15.2 Å². The monoisotopic (exact) mass is 291 g/mol. The first-order valence-corrected chi connectivity index (χ1v) is 8.25. The van der Waals surface area contributed by atoms with Crippen LogP contribution in [0.5, 0.6) is 5.88 Å². The average Bonchev–Trinajstić information content (AvgIpc) is 2.98. The molecule has 0 radical (unpaired) electrons. The predicted octanol–water partition coefficient (Wildman–Crippen LogP) is 2.62. The average molecular weight is 291 g/mol. The van der Waals surface area contributed by atoms with E-state index in [9.17, 15) is 0 Å². The smallest absolute Gasteiger partial charge is 0.213 e. The molecule has 1 aromatic heterocycles. The summed E-state index contributed by atoms with van der Waals surface area (Å²) in [6.07, 6.45) is 3.60. The summed E-state index contributed by atoms with van der Waals surface area (Å²) in [5.74, 6) is 0.772. The second kappa shape index (κ2) is 8.35.